The van der Waals surface area contributed by atoms with Crippen LogP contribution < -0.4 is 10.6 Å². The minimum Gasteiger partial charge on any atom is -0.389 e. The predicted molar refractivity (Wildman–Crippen MR) is 74.8 cm³/mol. The summed E-state index contributed by atoms with van der Waals surface area (Å²) in [7, 11) is 1.72. The number of hydrogen-bond acceptors (Lipinski definition) is 4. The summed E-state index contributed by atoms with van der Waals surface area (Å²) in [4.78, 5) is 24.6. The summed E-state index contributed by atoms with van der Waals surface area (Å²) in [6, 6.07) is -0.470. The molecule has 0 aliphatic carbocycles. The molecule has 3 amide bonds. The van der Waals surface area contributed by atoms with E-state index >= 15 is 0 Å². The Labute approximate surface area is 115 Å². The van der Waals surface area contributed by atoms with E-state index in [0.29, 0.717) is 19.0 Å². The van der Waals surface area contributed by atoms with Gasteiger partial charge in [-0.15, -0.1) is 0 Å². The molecule has 0 saturated carbocycles. The van der Waals surface area contributed by atoms with Crippen LogP contribution in [0.25, 0.3) is 0 Å². The van der Waals surface area contributed by atoms with Crippen molar-refractivity contribution in [2.24, 2.45) is 5.92 Å². The molecule has 19 heavy (non-hydrogen) atoms. The third-order valence-corrected chi connectivity index (χ3v) is 2.33. The number of urea groups is 1. The average molecular weight is 273 g/mol. The highest BCUT2D eigenvalue weighted by Crippen LogP contribution is 2.02. The maximum atomic E-state index is 11.6. The number of aliphatic hydroxyl groups is 1. The van der Waals surface area contributed by atoms with Gasteiger partial charge in [0, 0.05) is 13.1 Å². The molecule has 0 atom stereocenters. The highest BCUT2D eigenvalue weighted by Gasteiger charge is 2.18. The molecule has 0 radical (unpaired) electrons. The quantitative estimate of drug-likeness (QED) is 0.633. The number of amides is 3. The Morgan fingerprint density at radius 3 is 2.37 bits per heavy atom. The summed E-state index contributed by atoms with van der Waals surface area (Å²) in [6.07, 6.45) is 0.875. The summed E-state index contributed by atoms with van der Waals surface area (Å²) in [5.74, 6) is 0.128. The SMILES string of the molecule is CC(C)CCNC(=O)NC(=O)CN(C)CC(C)(C)O. The molecule has 0 unspecified atom stereocenters. The van der Waals surface area contributed by atoms with Crippen LogP contribution in [0.15, 0.2) is 0 Å². The van der Waals surface area contributed by atoms with E-state index < -0.39 is 11.6 Å². The molecule has 112 valence electrons. The molecule has 0 bridgehead atoms. The molecule has 0 aliphatic heterocycles. The van der Waals surface area contributed by atoms with Gasteiger partial charge in [0.1, 0.15) is 0 Å². The monoisotopic (exact) mass is 273 g/mol. The zero-order chi connectivity index (χ0) is 15.1. The summed E-state index contributed by atoms with van der Waals surface area (Å²) in [5, 5.41) is 14.5. The van der Waals surface area contributed by atoms with E-state index in [1.165, 1.54) is 0 Å². The van der Waals surface area contributed by atoms with Crippen LogP contribution in [-0.2, 0) is 4.79 Å². The lowest BCUT2D eigenvalue weighted by molar-refractivity contribution is -0.121. The average Bonchev–Trinajstić information content (AvgIpc) is 2.12. The van der Waals surface area contributed by atoms with Crippen LogP contribution >= 0.6 is 0 Å². The highest BCUT2D eigenvalue weighted by atomic mass is 16.3. The van der Waals surface area contributed by atoms with E-state index in [1.54, 1.807) is 25.8 Å². The Bertz CT molecular complexity index is 298. The molecule has 3 N–H and O–H groups in total. The number of nitrogens with zero attached hydrogens (tertiary/aromatic N) is 1. The number of carbonyl (C=O) groups excluding carboxylic acids is 2. The zero-order valence-electron chi connectivity index (χ0n) is 12.6. The molecule has 0 rings (SSSR count). The Hall–Kier alpha value is -1.14. The van der Waals surface area contributed by atoms with Gasteiger partial charge in [-0.1, -0.05) is 13.8 Å². The number of nitrogens with one attached hydrogen (secondary N) is 2. The minimum absolute atomic E-state index is 0.0710. The van der Waals surface area contributed by atoms with Gasteiger partial charge in [-0.2, -0.15) is 0 Å². The largest absolute Gasteiger partial charge is 0.389 e. The van der Waals surface area contributed by atoms with Gasteiger partial charge in [-0.25, -0.2) is 4.79 Å². The molecule has 0 saturated heterocycles. The number of likely N-dealkylation sites (N-methyl/N-ethyl adjacent to an activating group) is 1. The van der Waals surface area contributed by atoms with Crippen molar-refractivity contribution in [2.75, 3.05) is 26.7 Å². The van der Waals surface area contributed by atoms with Gasteiger partial charge < -0.3 is 10.4 Å². The van der Waals surface area contributed by atoms with E-state index in [-0.39, 0.29) is 12.5 Å². The number of hydrogen-bond donors (Lipinski definition) is 3. The van der Waals surface area contributed by atoms with Crippen LogP contribution in [0.2, 0.25) is 0 Å². The first-order valence-electron chi connectivity index (χ1n) is 6.59. The molecule has 0 spiro atoms. The molecule has 0 aromatic heterocycles. The molecule has 6 heteroatoms. The number of rotatable bonds is 7. The third-order valence-electron chi connectivity index (χ3n) is 2.33. The summed E-state index contributed by atoms with van der Waals surface area (Å²) >= 11 is 0. The summed E-state index contributed by atoms with van der Waals surface area (Å²) in [6.45, 7) is 8.44. The van der Waals surface area contributed by atoms with Crippen LogP contribution in [0, 0.1) is 5.92 Å². The topological polar surface area (TPSA) is 81.7 Å². The maximum Gasteiger partial charge on any atom is 0.321 e. The molecular weight excluding hydrogens is 246 g/mol. The van der Waals surface area contributed by atoms with E-state index in [2.05, 4.69) is 24.5 Å². The lowest BCUT2D eigenvalue weighted by Crippen LogP contribution is -2.46. The first-order valence-corrected chi connectivity index (χ1v) is 6.59. The van der Waals surface area contributed by atoms with Crippen LogP contribution in [0.5, 0.6) is 0 Å². The second-order valence-electron chi connectivity index (χ2n) is 5.97. The minimum atomic E-state index is -0.867. The number of imide groups is 1. The standard InChI is InChI=1S/C13H27N3O3/c1-10(2)6-7-14-12(18)15-11(17)8-16(5)9-13(3,4)19/h10,19H,6-9H2,1-5H3,(H2,14,15,17,18). The fraction of sp³-hybridized carbons (Fsp3) is 0.846. The van der Waals surface area contributed by atoms with Gasteiger partial charge in [0.2, 0.25) is 5.91 Å². The fourth-order valence-corrected chi connectivity index (χ4v) is 1.65. The Kier molecular flexibility index (Phi) is 7.63. The van der Waals surface area contributed by atoms with Crippen molar-refractivity contribution >= 4 is 11.9 Å². The van der Waals surface area contributed by atoms with E-state index in [0.717, 1.165) is 6.42 Å². The Balaban J connectivity index is 3.88. The van der Waals surface area contributed by atoms with Gasteiger partial charge >= 0.3 is 6.03 Å². The van der Waals surface area contributed by atoms with Crippen LogP contribution in [0.1, 0.15) is 34.1 Å². The zero-order valence-corrected chi connectivity index (χ0v) is 12.6. The predicted octanol–water partition coefficient (Wildman–Crippen LogP) is 0.561. The van der Waals surface area contributed by atoms with Gasteiger partial charge in [0.15, 0.2) is 0 Å². The lowest BCUT2D eigenvalue weighted by atomic mass is 10.1. The van der Waals surface area contributed by atoms with E-state index in [4.69, 9.17) is 0 Å². The summed E-state index contributed by atoms with van der Waals surface area (Å²) < 4.78 is 0. The smallest absolute Gasteiger partial charge is 0.321 e. The first-order chi connectivity index (χ1) is 8.60. The van der Waals surface area contributed by atoms with Gasteiger partial charge in [0.05, 0.1) is 12.1 Å². The van der Waals surface area contributed by atoms with Crippen molar-refractivity contribution in [1.82, 2.24) is 15.5 Å². The van der Waals surface area contributed by atoms with Crippen molar-refractivity contribution in [1.29, 1.82) is 0 Å². The molecule has 6 nitrogen and oxygen atoms in total. The molecule has 0 aromatic carbocycles. The molecule has 0 heterocycles. The highest BCUT2D eigenvalue weighted by molar-refractivity contribution is 5.95. The van der Waals surface area contributed by atoms with Crippen molar-refractivity contribution in [3.63, 3.8) is 0 Å². The van der Waals surface area contributed by atoms with Crippen molar-refractivity contribution in [3.8, 4) is 0 Å². The number of carbonyl (C=O) groups is 2. The van der Waals surface area contributed by atoms with Crippen molar-refractivity contribution in [3.05, 3.63) is 0 Å². The second kappa shape index (κ2) is 8.12. The molecular formula is C13H27N3O3. The third kappa shape index (κ3) is 11.7. The van der Waals surface area contributed by atoms with Gasteiger partial charge in [-0.3, -0.25) is 15.0 Å². The first kappa shape index (κ1) is 17.9. The van der Waals surface area contributed by atoms with E-state index in [9.17, 15) is 14.7 Å². The second-order valence-corrected chi connectivity index (χ2v) is 5.97. The van der Waals surface area contributed by atoms with Gasteiger partial charge in [0.25, 0.3) is 0 Å². The molecule has 0 aromatic rings. The van der Waals surface area contributed by atoms with Gasteiger partial charge in [-0.05, 0) is 33.2 Å². The van der Waals surface area contributed by atoms with Crippen molar-refractivity contribution < 1.29 is 14.7 Å². The Morgan fingerprint density at radius 2 is 1.89 bits per heavy atom. The van der Waals surface area contributed by atoms with Crippen LogP contribution in [0.4, 0.5) is 4.79 Å². The van der Waals surface area contributed by atoms with Crippen molar-refractivity contribution in [2.45, 2.75) is 39.7 Å². The lowest BCUT2D eigenvalue weighted by Gasteiger charge is -2.24. The maximum absolute atomic E-state index is 11.6. The molecule has 0 aliphatic rings. The van der Waals surface area contributed by atoms with Crippen LogP contribution in [-0.4, -0.2) is 54.2 Å². The van der Waals surface area contributed by atoms with E-state index in [1.807, 2.05) is 0 Å². The molecule has 0 fully saturated rings. The Morgan fingerprint density at radius 1 is 1.32 bits per heavy atom. The normalized spacial score (nSPS) is 11.8. The summed E-state index contributed by atoms with van der Waals surface area (Å²) in [5.41, 5.74) is -0.867. The van der Waals surface area contributed by atoms with Crippen LogP contribution in [0.3, 0.4) is 0 Å². The fourth-order valence-electron chi connectivity index (χ4n) is 1.65.